The molecule has 5 heterocycles. The zero-order valence-corrected chi connectivity index (χ0v) is 11.0. The SMILES string of the molecule is C1=CC23c4cc5c(cc4CN4CC2OC1CC43)OCO5. The van der Waals surface area contributed by atoms with Gasteiger partial charge in [-0.2, -0.15) is 0 Å². The van der Waals surface area contributed by atoms with Crippen LogP contribution < -0.4 is 9.47 Å². The summed E-state index contributed by atoms with van der Waals surface area (Å²) >= 11 is 0. The molecule has 0 radical (unpaired) electrons. The van der Waals surface area contributed by atoms with E-state index >= 15 is 0 Å². The van der Waals surface area contributed by atoms with Gasteiger partial charge in [0.15, 0.2) is 11.5 Å². The third-order valence-corrected chi connectivity index (χ3v) is 5.74. The molecule has 1 spiro atoms. The number of hydrogen-bond acceptors (Lipinski definition) is 4. The van der Waals surface area contributed by atoms with E-state index in [4.69, 9.17) is 14.2 Å². The third kappa shape index (κ3) is 0.950. The first-order valence-electron chi connectivity index (χ1n) is 7.36. The van der Waals surface area contributed by atoms with E-state index in [0.717, 1.165) is 31.0 Å². The summed E-state index contributed by atoms with van der Waals surface area (Å²) in [5.74, 6) is 1.79. The van der Waals surface area contributed by atoms with Gasteiger partial charge in [0.05, 0.1) is 17.6 Å². The Morgan fingerprint density at radius 3 is 3.05 bits per heavy atom. The Bertz CT molecular complexity index is 670. The number of hydrogen-bond donors (Lipinski definition) is 0. The van der Waals surface area contributed by atoms with E-state index in [-0.39, 0.29) is 5.41 Å². The fraction of sp³-hybridized carbons (Fsp3) is 0.500. The maximum absolute atomic E-state index is 6.26. The molecular weight excluding hydrogens is 254 g/mol. The van der Waals surface area contributed by atoms with Gasteiger partial charge in [0.25, 0.3) is 0 Å². The second kappa shape index (κ2) is 3.05. The predicted molar refractivity (Wildman–Crippen MR) is 70.9 cm³/mol. The molecule has 20 heavy (non-hydrogen) atoms. The van der Waals surface area contributed by atoms with Crippen molar-refractivity contribution in [2.75, 3.05) is 13.3 Å². The number of benzene rings is 1. The van der Waals surface area contributed by atoms with Crippen molar-refractivity contribution in [3.63, 3.8) is 0 Å². The van der Waals surface area contributed by atoms with Gasteiger partial charge in [-0.25, -0.2) is 0 Å². The van der Waals surface area contributed by atoms with E-state index in [0.29, 0.717) is 25.0 Å². The van der Waals surface area contributed by atoms with Crippen molar-refractivity contribution < 1.29 is 14.2 Å². The van der Waals surface area contributed by atoms with E-state index in [1.807, 2.05) is 0 Å². The minimum Gasteiger partial charge on any atom is -0.454 e. The molecule has 0 N–H and O–H groups in total. The molecule has 0 aromatic heterocycles. The molecule has 0 saturated carbocycles. The maximum atomic E-state index is 6.26. The van der Waals surface area contributed by atoms with E-state index < -0.39 is 0 Å². The van der Waals surface area contributed by atoms with Crippen LogP contribution in [0.2, 0.25) is 0 Å². The molecule has 102 valence electrons. The Kier molecular flexibility index (Phi) is 1.56. The lowest BCUT2D eigenvalue weighted by Gasteiger charge is -2.51. The van der Waals surface area contributed by atoms with Crippen molar-refractivity contribution in [2.45, 2.75) is 36.6 Å². The predicted octanol–water partition coefficient (Wildman–Crippen LogP) is 1.58. The van der Waals surface area contributed by atoms with Gasteiger partial charge < -0.3 is 14.2 Å². The average Bonchev–Trinajstić information content (AvgIpc) is 2.95. The van der Waals surface area contributed by atoms with Crippen LogP contribution in [0.3, 0.4) is 0 Å². The molecule has 7 rings (SSSR count). The van der Waals surface area contributed by atoms with Gasteiger partial charge in [0.2, 0.25) is 6.79 Å². The first-order chi connectivity index (χ1) is 9.84. The lowest BCUT2D eigenvalue weighted by molar-refractivity contribution is -0.0561. The molecule has 5 aliphatic heterocycles. The van der Waals surface area contributed by atoms with Crippen LogP contribution in [0.25, 0.3) is 0 Å². The smallest absolute Gasteiger partial charge is 0.231 e. The standard InChI is InChI=1S/C16H15NO3/c1-2-16-11-5-13-12(18-8-19-13)3-9(11)6-17-7-15(16)20-10(1)4-14(16)17/h1-3,5,10,14-15H,4,6-8H2. The van der Waals surface area contributed by atoms with Gasteiger partial charge in [0, 0.05) is 19.1 Å². The van der Waals surface area contributed by atoms with Gasteiger partial charge >= 0.3 is 0 Å². The maximum Gasteiger partial charge on any atom is 0.231 e. The van der Waals surface area contributed by atoms with Crippen molar-refractivity contribution in [3.8, 4) is 11.5 Å². The third-order valence-electron chi connectivity index (χ3n) is 5.74. The van der Waals surface area contributed by atoms with Crippen molar-refractivity contribution in [1.29, 1.82) is 0 Å². The zero-order valence-electron chi connectivity index (χ0n) is 11.0. The average molecular weight is 269 g/mol. The molecule has 6 aliphatic rings. The van der Waals surface area contributed by atoms with Crippen molar-refractivity contribution in [1.82, 2.24) is 4.90 Å². The Balaban J connectivity index is 1.66. The van der Waals surface area contributed by atoms with Gasteiger partial charge in [-0.15, -0.1) is 0 Å². The summed E-state index contributed by atoms with van der Waals surface area (Å²) in [6, 6.07) is 4.98. The molecule has 2 fully saturated rings. The highest BCUT2D eigenvalue weighted by molar-refractivity contribution is 5.57. The number of ether oxygens (including phenoxy) is 3. The van der Waals surface area contributed by atoms with Crippen LogP contribution in [0.15, 0.2) is 24.3 Å². The molecule has 4 heteroatoms. The van der Waals surface area contributed by atoms with Crippen LogP contribution in [-0.4, -0.2) is 36.5 Å². The number of fused-ring (bicyclic) bond motifs is 2. The van der Waals surface area contributed by atoms with Crippen molar-refractivity contribution in [2.24, 2.45) is 0 Å². The molecular formula is C16H15NO3. The Hall–Kier alpha value is -1.52. The minimum absolute atomic E-state index is 0.0450. The number of rotatable bonds is 0. The molecule has 1 aliphatic carbocycles. The topological polar surface area (TPSA) is 30.9 Å². The van der Waals surface area contributed by atoms with Gasteiger partial charge in [-0.1, -0.05) is 12.2 Å². The molecule has 5 unspecified atom stereocenters. The Morgan fingerprint density at radius 1 is 1.20 bits per heavy atom. The summed E-state index contributed by atoms with van der Waals surface area (Å²) in [6.45, 7) is 2.40. The second-order valence-electron chi connectivity index (χ2n) is 6.50. The van der Waals surface area contributed by atoms with E-state index in [1.54, 1.807) is 0 Å². The van der Waals surface area contributed by atoms with Crippen LogP contribution >= 0.6 is 0 Å². The highest BCUT2D eigenvalue weighted by Crippen LogP contribution is 2.57. The molecule has 4 nitrogen and oxygen atoms in total. The van der Waals surface area contributed by atoms with E-state index in [9.17, 15) is 0 Å². The molecule has 5 atom stereocenters. The molecule has 0 amide bonds. The van der Waals surface area contributed by atoms with Crippen LogP contribution in [0.1, 0.15) is 17.5 Å². The van der Waals surface area contributed by atoms with Crippen LogP contribution in [0.5, 0.6) is 11.5 Å². The van der Waals surface area contributed by atoms with Crippen molar-refractivity contribution in [3.05, 3.63) is 35.4 Å². The lowest BCUT2D eigenvalue weighted by atomic mass is 9.63. The first-order valence-corrected chi connectivity index (χ1v) is 7.36. The summed E-state index contributed by atoms with van der Waals surface area (Å²) in [6.07, 6.45) is 6.43. The summed E-state index contributed by atoms with van der Waals surface area (Å²) in [7, 11) is 0. The summed E-state index contributed by atoms with van der Waals surface area (Å²) in [5.41, 5.74) is 2.82. The molecule has 1 aromatic carbocycles. The summed E-state index contributed by atoms with van der Waals surface area (Å²) in [4.78, 5) is 2.60. The normalized spacial score (nSPS) is 44.8. The number of nitrogens with zero attached hydrogens (tertiary/aromatic N) is 1. The van der Waals surface area contributed by atoms with Crippen LogP contribution in [-0.2, 0) is 16.7 Å². The van der Waals surface area contributed by atoms with Gasteiger partial charge in [-0.3, -0.25) is 4.90 Å². The van der Waals surface area contributed by atoms with Crippen LogP contribution in [0.4, 0.5) is 0 Å². The second-order valence-corrected chi connectivity index (χ2v) is 6.50. The highest BCUT2D eigenvalue weighted by atomic mass is 16.7. The monoisotopic (exact) mass is 269 g/mol. The fourth-order valence-electron chi connectivity index (χ4n) is 4.96. The molecule has 1 aromatic rings. The quantitative estimate of drug-likeness (QED) is 0.669. The van der Waals surface area contributed by atoms with Crippen LogP contribution in [0, 0.1) is 0 Å². The molecule has 2 saturated heterocycles. The lowest BCUT2D eigenvalue weighted by Crippen LogP contribution is -2.57. The van der Waals surface area contributed by atoms with E-state index in [1.165, 1.54) is 11.1 Å². The Labute approximate surface area is 116 Å². The summed E-state index contributed by atoms with van der Waals surface area (Å²) < 4.78 is 17.4. The zero-order chi connectivity index (χ0) is 12.9. The Morgan fingerprint density at radius 2 is 2.10 bits per heavy atom. The highest BCUT2D eigenvalue weighted by Gasteiger charge is 2.63. The fourth-order valence-corrected chi connectivity index (χ4v) is 4.96. The minimum atomic E-state index is 0.0450. The van der Waals surface area contributed by atoms with E-state index in [2.05, 4.69) is 29.2 Å². The van der Waals surface area contributed by atoms with Gasteiger partial charge in [-0.05, 0) is 29.7 Å². The van der Waals surface area contributed by atoms with Gasteiger partial charge in [0.1, 0.15) is 0 Å². The first kappa shape index (κ1) is 10.2. The largest absolute Gasteiger partial charge is 0.454 e. The molecule has 5 bridgehead atoms. The van der Waals surface area contributed by atoms with Crippen molar-refractivity contribution >= 4 is 0 Å². The summed E-state index contributed by atoms with van der Waals surface area (Å²) in [5, 5.41) is 0.